The molecule has 1 saturated heterocycles. The first-order valence-corrected chi connectivity index (χ1v) is 9.80. The number of anilines is 1. The maximum absolute atomic E-state index is 13.0. The number of nitrogens with two attached hydrogens (primary N) is 1. The minimum atomic E-state index is -3.45. The fraction of sp³-hybridized carbons (Fsp3) is 0.600. The van der Waals surface area contributed by atoms with E-state index in [9.17, 15) is 8.42 Å². The highest BCUT2D eigenvalue weighted by Crippen LogP contribution is 2.39. The Morgan fingerprint density at radius 3 is 2.62 bits per heavy atom. The summed E-state index contributed by atoms with van der Waals surface area (Å²) in [4.78, 5) is 0.336. The van der Waals surface area contributed by atoms with Crippen molar-refractivity contribution in [3.05, 3.63) is 22.7 Å². The van der Waals surface area contributed by atoms with Crippen LogP contribution in [0, 0.1) is 5.92 Å². The summed E-state index contributed by atoms with van der Waals surface area (Å²) in [6.45, 7) is 0.639. The van der Waals surface area contributed by atoms with Gasteiger partial charge in [0.15, 0.2) is 0 Å². The molecule has 2 unspecified atom stereocenters. The van der Waals surface area contributed by atoms with Gasteiger partial charge in [-0.3, -0.25) is 0 Å². The van der Waals surface area contributed by atoms with E-state index in [1.54, 1.807) is 22.5 Å². The topological polar surface area (TPSA) is 63.4 Å². The first-order valence-electron chi connectivity index (χ1n) is 7.57. The molecule has 0 bridgehead atoms. The number of hydrogen-bond donors (Lipinski definition) is 1. The van der Waals surface area contributed by atoms with Gasteiger partial charge in [-0.2, -0.15) is 4.31 Å². The number of hydrogen-bond acceptors (Lipinski definition) is 3. The molecule has 1 aliphatic carbocycles. The largest absolute Gasteiger partial charge is 0.399 e. The number of halogens is 1. The van der Waals surface area contributed by atoms with E-state index < -0.39 is 10.0 Å². The monoisotopic (exact) mass is 372 g/mol. The Labute approximate surface area is 134 Å². The van der Waals surface area contributed by atoms with Crippen molar-refractivity contribution in [3.8, 4) is 0 Å². The van der Waals surface area contributed by atoms with Crippen molar-refractivity contribution in [2.75, 3.05) is 12.3 Å². The lowest BCUT2D eigenvalue weighted by molar-refractivity contribution is 0.129. The van der Waals surface area contributed by atoms with Crippen LogP contribution in [-0.2, 0) is 10.0 Å². The molecule has 2 fully saturated rings. The van der Waals surface area contributed by atoms with Gasteiger partial charge in [-0.25, -0.2) is 8.42 Å². The number of benzene rings is 1. The summed E-state index contributed by atoms with van der Waals surface area (Å²) in [5.74, 6) is 0.537. The van der Waals surface area contributed by atoms with E-state index in [0.717, 1.165) is 19.3 Å². The first kappa shape index (κ1) is 15.3. The maximum atomic E-state index is 13.0. The zero-order valence-electron chi connectivity index (χ0n) is 12.0. The second-order valence-corrected chi connectivity index (χ2v) is 8.77. The second kappa shape index (κ2) is 5.89. The third-order valence-corrected chi connectivity index (χ3v) is 7.64. The Kier molecular flexibility index (Phi) is 4.30. The second-order valence-electron chi connectivity index (χ2n) is 6.06. The van der Waals surface area contributed by atoms with Gasteiger partial charge in [-0.05, 0) is 65.7 Å². The van der Waals surface area contributed by atoms with Gasteiger partial charge < -0.3 is 5.73 Å². The molecule has 116 valence electrons. The normalized spacial score (nSPS) is 27.3. The van der Waals surface area contributed by atoms with Crippen LogP contribution in [0.4, 0.5) is 5.69 Å². The Balaban J connectivity index is 1.96. The zero-order valence-corrected chi connectivity index (χ0v) is 14.4. The summed E-state index contributed by atoms with van der Waals surface area (Å²) in [5, 5.41) is 0. The Morgan fingerprint density at radius 1 is 1.14 bits per heavy atom. The Morgan fingerprint density at radius 2 is 1.86 bits per heavy atom. The van der Waals surface area contributed by atoms with Crippen LogP contribution in [0.25, 0.3) is 0 Å². The number of fused-ring (bicyclic) bond motifs is 1. The van der Waals surface area contributed by atoms with Crippen LogP contribution in [0.2, 0.25) is 0 Å². The quantitative estimate of drug-likeness (QED) is 0.809. The molecule has 2 N–H and O–H groups in total. The van der Waals surface area contributed by atoms with Gasteiger partial charge in [0.2, 0.25) is 10.0 Å². The lowest BCUT2D eigenvalue weighted by atomic mass is 9.79. The zero-order chi connectivity index (χ0) is 15.0. The number of nitrogen functional groups attached to an aromatic ring is 1. The van der Waals surface area contributed by atoms with E-state index in [-0.39, 0.29) is 6.04 Å². The highest BCUT2D eigenvalue weighted by atomic mass is 79.9. The van der Waals surface area contributed by atoms with E-state index in [1.165, 1.54) is 19.3 Å². The van der Waals surface area contributed by atoms with Crippen molar-refractivity contribution in [1.82, 2.24) is 4.31 Å². The van der Waals surface area contributed by atoms with Crippen molar-refractivity contribution in [3.63, 3.8) is 0 Å². The maximum Gasteiger partial charge on any atom is 0.244 e. The van der Waals surface area contributed by atoms with Gasteiger partial charge in [-0.1, -0.05) is 12.8 Å². The third-order valence-electron chi connectivity index (χ3n) is 4.73. The van der Waals surface area contributed by atoms with Crippen LogP contribution in [0.1, 0.15) is 38.5 Å². The number of sulfonamides is 1. The molecule has 1 aromatic carbocycles. The van der Waals surface area contributed by atoms with Crippen LogP contribution in [0.3, 0.4) is 0 Å². The molecule has 2 atom stereocenters. The van der Waals surface area contributed by atoms with E-state index in [1.807, 2.05) is 0 Å². The molecule has 6 heteroatoms. The smallest absolute Gasteiger partial charge is 0.244 e. The Bertz CT molecular complexity index is 631. The van der Waals surface area contributed by atoms with E-state index >= 15 is 0 Å². The van der Waals surface area contributed by atoms with Crippen LogP contribution in [0.15, 0.2) is 27.6 Å². The standard InChI is InChI=1S/C15H21BrN2O2S/c16-13-10-12(17)7-8-15(13)21(19,20)18-9-3-5-11-4-1-2-6-14(11)18/h7-8,10-11,14H,1-6,9,17H2. The molecule has 0 spiro atoms. The minimum absolute atomic E-state index is 0.182. The molecule has 4 nitrogen and oxygen atoms in total. The van der Waals surface area contributed by atoms with E-state index in [0.29, 0.717) is 27.5 Å². The van der Waals surface area contributed by atoms with Gasteiger partial charge in [0, 0.05) is 22.7 Å². The minimum Gasteiger partial charge on any atom is -0.399 e. The summed E-state index contributed by atoms with van der Waals surface area (Å²) < 4.78 is 28.4. The average Bonchev–Trinajstić information content (AvgIpc) is 2.46. The molecule has 21 heavy (non-hydrogen) atoms. The number of piperidine rings is 1. The molecular weight excluding hydrogens is 352 g/mol. The van der Waals surface area contributed by atoms with Gasteiger partial charge in [-0.15, -0.1) is 0 Å². The molecule has 2 aliphatic rings. The summed E-state index contributed by atoms with van der Waals surface area (Å²) in [6, 6.07) is 5.11. The lowest BCUT2D eigenvalue weighted by Crippen LogP contribution is -2.49. The van der Waals surface area contributed by atoms with Gasteiger partial charge >= 0.3 is 0 Å². The predicted molar refractivity (Wildman–Crippen MR) is 87.4 cm³/mol. The molecule has 1 aromatic rings. The fourth-order valence-electron chi connectivity index (χ4n) is 3.73. The summed E-state index contributed by atoms with van der Waals surface area (Å²) in [6.07, 6.45) is 6.67. The summed E-state index contributed by atoms with van der Waals surface area (Å²) >= 11 is 3.35. The Hall–Kier alpha value is -0.590. The number of rotatable bonds is 2. The van der Waals surface area contributed by atoms with Crippen molar-refractivity contribution < 1.29 is 8.42 Å². The van der Waals surface area contributed by atoms with Gasteiger partial charge in [0.25, 0.3) is 0 Å². The van der Waals surface area contributed by atoms with Crippen LogP contribution in [-0.4, -0.2) is 25.3 Å². The van der Waals surface area contributed by atoms with Crippen molar-refractivity contribution in [2.45, 2.75) is 49.5 Å². The average molecular weight is 373 g/mol. The third kappa shape index (κ3) is 2.85. The van der Waals surface area contributed by atoms with E-state index in [4.69, 9.17) is 5.73 Å². The molecule has 0 amide bonds. The molecule has 1 saturated carbocycles. The number of nitrogens with zero attached hydrogens (tertiary/aromatic N) is 1. The molecule has 1 heterocycles. The first-order chi connectivity index (χ1) is 10.00. The SMILES string of the molecule is Nc1ccc(S(=O)(=O)N2CCCC3CCCCC32)c(Br)c1. The molecule has 0 radical (unpaired) electrons. The molecule has 3 rings (SSSR count). The molecule has 0 aromatic heterocycles. The van der Waals surface area contributed by atoms with E-state index in [2.05, 4.69) is 15.9 Å². The lowest BCUT2D eigenvalue weighted by Gasteiger charge is -2.43. The fourth-order valence-corrected chi connectivity index (χ4v) is 6.54. The van der Waals surface area contributed by atoms with Crippen molar-refractivity contribution in [2.24, 2.45) is 5.92 Å². The highest BCUT2D eigenvalue weighted by molar-refractivity contribution is 9.10. The van der Waals surface area contributed by atoms with Crippen LogP contribution < -0.4 is 5.73 Å². The van der Waals surface area contributed by atoms with Crippen molar-refractivity contribution >= 4 is 31.6 Å². The molecular formula is C15H21BrN2O2S. The van der Waals surface area contributed by atoms with Gasteiger partial charge in [0.1, 0.15) is 0 Å². The van der Waals surface area contributed by atoms with Gasteiger partial charge in [0.05, 0.1) is 4.90 Å². The van der Waals surface area contributed by atoms with Crippen molar-refractivity contribution in [1.29, 1.82) is 0 Å². The van der Waals surface area contributed by atoms with Crippen LogP contribution in [0.5, 0.6) is 0 Å². The predicted octanol–water partition coefficient (Wildman–Crippen LogP) is 3.37. The highest BCUT2D eigenvalue weighted by Gasteiger charge is 2.40. The summed E-state index contributed by atoms with van der Waals surface area (Å²) in [5.41, 5.74) is 6.28. The molecule has 1 aliphatic heterocycles. The van der Waals surface area contributed by atoms with Crippen LogP contribution >= 0.6 is 15.9 Å². The summed E-state index contributed by atoms with van der Waals surface area (Å²) in [7, 11) is -3.45.